The highest BCUT2D eigenvalue weighted by Gasteiger charge is 2.45. The van der Waals surface area contributed by atoms with Crippen molar-refractivity contribution < 1.29 is 0 Å². The van der Waals surface area contributed by atoms with E-state index in [1.54, 1.807) is 5.56 Å². The summed E-state index contributed by atoms with van der Waals surface area (Å²) in [5.41, 5.74) is 11.6. The first-order chi connectivity index (χ1) is 26.6. The zero-order valence-electron chi connectivity index (χ0n) is 30.8. The molecule has 2 aliphatic carbocycles. The predicted molar refractivity (Wildman–Crippen MR) is 235 cm³/mol. The van der Waals surface area contributed by atoms with Gasteiger partial charge in [0.25, 0.3) is 0 Å². The maximum Gasteiger partial charge on any atom is 0.0476 e. The van der Waals surface area contributed by atoms with Crippen LogP contribution < -0.4 is 4.90 Å². The molecule has 7 aromatic carbocycles. The van der Waals surface area contributed by atoms with E-state index in [9.17, 15) is 0 Å². The van der Waals surface area contributed by atoms with Gasteiger partial charge in [0.1, 0.15) is 0 Å². The summed E-state index contributed by atoms with van der Waals surface area (Å²) < 4.78 is 1.26. The number of allylic oxidation sites excluding steroid dienone is 1. The molecule has 0 atom stereocenters. The van der Waals surface area contributed by atoms with Crippen molar-refractivity contribution in [1.29, 1.82) is 0 Å². The Morgan fingerprint density at radius 3 is 2.02 bits per heavy atom. The molecule has 1 heterocycles. The SMILES string of the molecule is C=Cc1c(/C=C\C)sc2cc(N(c3ccc(-c4cccc5cccc(-c6ccccc6)c45)cc3)c3ccc4cc(C56CCC(CC5)C6)ccc4c3)ccc12. The Balaban J connectivity index is 1.09. The topological polar surface area (TPSA) is 3.24 Å². The van der Waals surface area contributed by atoms with E-state index >= 15 is 0 Å². The van der Waals surface area contributed by atoms with Crippen LogP contribution in [0.3, 0.4) is 0 Å². The lowest BCUT2D eigenvalue weighted by molar-refractivity contribution is 0.419. The average Bonchev–Trinajstić information content (AvgIpc) is 3.95. The summed E-state index contributed by atoms with van der Waals surface area (Å²) in [6, 6.07) is 54.5. The third-order valence-corrected chi connectivity index (χ3v) is 13.5. The fourth-order valence-electron chi connectivity index (χ4n) is 9.73. The summed E-state index contributed by atoms with van der Waals surface area (Å²) in [5.74, 6) is 0.937. The highest BCUT2D eigenvalue weighted by molar-refractivity contribution is 7.20. The van der Waals surface area contributed by atoms with Gasteiger partial charge in [0, 0.05) is 32.0 Å². The summed E-state index contributed by atoms with van der Waals surface area (Å²) >= 11 is 1.83. The van der Waals surface area contributed by atoms with Gasteiger partial charge < -0.3 is 4.90 Å². The van der Waals surface area contributed by atoms with Gasteiger partial charge in [-0.1, -0.05) is 128 Å². The second-order valence-corrected chi connectivity index (χ2v) is 16.5. The molecule has 0 aliphatic heterocycles. The Morgan fingerprint density at radius 1 is 0.648 bits per heavy atom. The Hall–Kier alpha value is -5.70. The monoisotopic (exact) mass is 713 g/mol. The Kier molecular flexibility index (Phi) is 8.11. The summed E-state index contributed by atoms with van der Waals surface area (Å²) in [7, 11) is 0. The van der Waals surface area contributed by atoms with Crippen LogP contribution in [-0.4, -0.2) is 0 Å². The largest absolute Gasteiger partial charge is 0.310 e. The highest BCUT2D eigenvalue weighted by atomic mass is 32.1. The Labute approximate surface area is 322 Å². The minimum absolute atomic E-state index is 0.406. The lowest BCUT2D eigenvalue weighted by Crippen LogP contribution is -2.19. The molecule has 0 N–H and O–H groups in total. The van der Waals surface area contributed by atoms with Crippen LogP contribution in [0.25, 0.3) is 66.0 Å². The van der Waals surface area contributed by atoms with Crippen molar-refractivity contribution in [3.8, 4) is 22.3 Å². The van der Waals surface area contributed by atoms with Gasteiger partial charge in [-0.3, -0.25) is 0 Å². The smallest absolute Gasteiger partial charge is 0.0476 e. The Bertz CT molecular complexity index is 2720. The van der Waals surface area contributed by atoms with Gasteiger partial charge in [-0.05, 0) is 148 Å². The van der Waals surface area contributed by atoms with Gasteiger partial charge in [0.05, 0.1) is 0 Å². The molecule has 1 aromatic heterocycles. The zero-order valence-corrected chi connectivity index (χ0v) is 31.6. The fraction of sp³-hybridized carbons (Fsp3) is 0.154. The molecule has 2 aliphatic rings. The highest BCUT2D eigenvalue weighted by Crippen LogP contribution is 2.55. The van der Waals surface area contributed by atoms with Crippen molar-refractivity contribution >= 4 is 72.2 Å². The molecule has 0 saturated heterocycles. The maximum atomic E-state index is 4.16. The lowest BCUT2D eigenvalue weighted by Gasteiger charge is -2.28. The van der Waals surface area contributed by atoms with Gasteiger partial charge >= 0.3 is 0 Å². The van der Waals surface area contributed by atoms with Crippen LogP contribution in [0.1, 0.15) is 55.0 Å². The number of benzene rings is 7. The second-order valence-electron chi connectivity index (χ2n) is 15.4. The average molecular weight is 714 g/mol. The van der Waals surface area contributed by atoms with E-state index in [-0.39, 0.29) is 0 Å². The normalized spacial score (nSPS) is 18.0. The molecule has 54 heavy (non-hydrogen) atoms. The molecule has 262 valence electrons. The van der Waals surface area contributed by atoms with E-state index in [4.69, 9.17) is 0 Å². The van der Waals surface area contributed by atoms with Gasteiger partial charge in [-0.15, -0.1) is 11.3 Å². The van der Waals surface area contributed by atoms with E-state index in [1.165, 1.54) is 96.4 Å². The molecule has 0 radical (unpaired) electrons. The van der Waals surface area contributed by atoms with Gasteiger partial charge in [-0.2, -0.15) is 0 Å². The first kappa shape index (κ1) is 32.9. The Morgan fingerprint density at radius 2 is 1.31 bits per heavy atom. The number of thiophene rings is 1. The van der Waals surface area contributed by atoms with Crippen molar-refractivity contribution in [2.75, 3.05) is 4.90 Å². The summed E-state index contributed by atoms with van der Waals surface area (Å²) in [4.78, 5) is 3.67. The van der Waals surface area contributed by atoms with Gasteiger partial charge in [-0.25, -0.2) is 0 Å². The number of hydrogen-bond acceptors (Lipinski definition) is 2. The van der Waals surface area contributed by atoms with Crippen LogP contribution in [0.5, 0.6) is 0 Å². The molecule has 2 bridgehead atoms. The van der Waals surface area contributed by atoms with Crippen LogP contribution in [0, 0.1) is 5.92 Å². The molecular formula is C52H43NS. The van der Waals surface area contributed by atoms with Gasteiger partial charge in [0.2, 0.25) is 0 Å². The molecule has 8 aromatic rings. The third kappa shape index (κ3) is 5.51. The number of anilines is 3. The molecular weight excluding hydrogens is 671 g/mol. The van der Waals surface area contributed by atoms with Crippen molar-refractivity contribution in [2.45, 2.75) is 44.4 Å². The number of fused-ring (bicyclic) bond motifs is 5. The summed E-state index contributed by atoms with van der Waals surface area (Å²) in [6.07, 6.45) is 13.2. The van der Waals surface area contributed by atoms with Crippen molar-refractivity contribution in [2.24, 2.45) is 5.92 Å². The van der Waals surface area contributed by atoms with E-state index in [1.807, 2.05) is 17.4 Å². The van der Waals surface area contributed by atoms with Crippen molar-refractivity contribution in [1.82, 2.24) is 0 Å². The molecule has 10 rings (SSSR count). The summed E-state index contributed by atoms with van der Waals surface area (Å²) in [5, 5.41) is 6.40. The van der Waals surface area contributed by atoms with Crippen LogP contribution in [-0.2, 0) is 5.41 Å². The first-order valence-electron chi connectivity index (χ1n) is 19.4. The quantitative estimate of drug-likeness (QED) is 0.152. The lowest BCUT2D eigenvalue weighted by atomic mass is 9.77. The van der Waals surface area contributed by atoms with Crippen LogP contribution in [0.15, 0.2) is 158 Å². The summed E-state index contributed by atoms with van der Waals surface area (Å²) in [6.45, 7) is 6.24. The standard InChI is InChI=1S/C52H43NS/c1-3-10-49-45(4-2)48-26-25-44(33-50(48)54-49)53(43-24-20-39-31-41(21-17-40(39)32-43)52-29-27-35(34-52)28-30-52)42-22-18-37(19-23-42)47-16-9-14-38-13-8-15-46(51(38)47)36-11-6-5-7-12-36/h3-26,31-33,35H,2,27-30,34H2,1H3/b10-3-. The molecule has 2 saturated carbocycles. The van der Waals surface area contributed by atoms with E-state index < -0.39 is 0 Å². The van der Waals surface area contributed by atoms with Crippen molar-refractivity contribution in [3.05, 3.63) is 174 Å². The van der Waals surface area contributed by atoms with Crippen LogP contribution >= 0.6 is 11.3 Å². The predicted octanol–water partition coefficient (Wildman–Crippen LogP) is 15.5. The van der Waals surface area contributed by atoms with E-state index in [0.29, 0.717) is 5.41 Å². The number of nitrogens with zero attached hydrogens (tertiary/aromatic N) is 1. The molecule has 2 heteroatoms. The third-order valence-electron chi connectivity index (χ3n) is 12.4. The molecule has 1 nitrogen and oxygen atoms in total. The van der Waals surface area contributed by atoms with Crippen LogP contribution in [0.2, 0.25) is 0 Å². The van der Waals surface area contributed by atoms with Gasteiger partial charge in [0.15, 0.2) is 0 Å². The van der Waals surface area contributed by atoms with E-state index in [0.717, 1.165) is 23.0 Å². The van der Waals surface area contributed by atoms with Crippen molar-refractivity contribution in [3.63, 3.8) is 0 Å². The number of rotatable bonds is 8. The first-order valence-corrected chi connectivity index (χ1v) is 20.3. The van der Waals surface area contributed by atoms with Crippen LogP contribution in [0.4, 0.5) is 17.1 Å². The maximum absolute atomic E-state index is 4.16. The minimum Gasteiger partial charge on any atom is -0.310 e. The second kappa shape index (κ2) is 13.3. The zero-order chi connectivity index (χ0) is 36.2. The molecule has 0 unspecified atom stereocenters. The molecule has 0 amide bonds. The minimum atomic E-state index is 0.406. The van der Waals surface area contributed by atoms with E-state index in [2.05, 4.69) is 176 Å². The molecule has 2 fully saturated rings. The number of hydrogen-bond donors (Lipinski definition) is 0. The fourth-order valence-corrected chi connectivity index (χ4v) is 10.9. The molecule has 0 spiro atoms.